The smallest absolute Gasteiger partial charge is 0.253 e. The number of hydrogen-bond donors (Lipinski definition) is 1. The Morgan fingerprint density at radius 2 is 2.16 bits per heavy atom. The van der Waals surface area contributed by atoms with Gasteiger partial charge in [0.1, 0.15) is 15.7 Å². The van der Waals surface area contributed by atoms with E-state index in [4.69, 9.17) is 0 Å². The van der Waals surface area contributed by atoms with Gasteiger partial charge in [-0.2, -0.15) is 0 Å². The molecule has 0 amide bonds. The van der Waals surface area contributed by atoms with Gasteiger partial charge in [0.05, 0.1) is 0 Å². The largest absolute Gasteiger partial charge is 0.264 e. The first-order valence-electron chi connectivity index (χ1n) is 5.22. The van der Waals surface area contributed by atoms with Crippen molar-refractivity contribution in [2.75, 3.05) is 4.72 Å². The molecule has 0 spiro atoms. The van der Waals surface area contributed by atoms with E-state index in [2.05, 4.69) is 30.8 Å². The lowest BCUT2D eigenvalue weighted by Crippen LogP contribution is -2.13. The van der Waals surface area contributed by atoms with E-state index in [0.29, 0.717) is 6.42 Å². The zero-order valence-corrected chi connectivity index (χ0v) is 12.9. The van der Waals surface area contributed by atoms with Crippen LogP contribution in [0.15, 0.2) is 27.6 Å². The maximum atomic E-state index is 12.9. The van der Waals surface area contributed by atoms with Crippen LogP contribution in [-0.2, 0) is 16.4 Å². The predicted octanol–water partition coefficient (Wildman–Crippen LogP) is 2.80. The molecule has 0 fully saturated rings. The molecule has 1 aromatic carbocycles. The first kappa shape index (κ1) is 14.4. The lowest BCUT2D eigenvalue weighted by molar-refractivity contribution is 0.598. The molecule has 2 rings (SSSR count). The highest BCUT2D eigenvalue weighted by Gasteiger charge is 2.20. The Morgan fingerprint density at radius 3 is 2.74 bits per heavy atom. The van der Waals surface area contributed by atoms with Gasteiger partial charge in [-0.3, -0.25) is 4.72 Å². The third kappa shape index (κ3) is 3.28. The minimum absolute atomic E-state index is 0.0536. The number of rotatable bonds is 4. The van der Waals surface area contributed by atoms with Crippen molar-refractivity contribution in [2.45, 2.75) is 18.2 Å². The first-order valence-corrected chi connectivity index (χ1v) is 8.32. The summed E-state index contributed by atoms with van der Waals surface area (Å²) in [6, 6.07) is 3.35. The van der Waals surface area contributed by atoms with Crippen LogP contribution in [0.3, 0.4) is 0 Å². The molecule has 9 heteroatoms. The molecule has 0 bridgehead atoms. The van der Waals surface area contributed by atoms with Crippen LogP contribution in [0.25, 0.3) is 0 Å². The Morgan fingerprint density at radius 1 is 1.42 bits per heavy atom. The molecule has 0 radical (unpaired) electrons. The van der Waals surface area contributed by atoms with Crippen LogP contribution in [0.5, 0.6) is 0 Å². The van der Waals surface area contributed by atoms with Crippen LogP contribution in [-0.4, -0.2) is 18.6 Å². The Kier molecular flexibility index (Phi) is 4.16. The summed E-state index contributed by atoms with van der Waals surface area (Å²) >= 11 is 4.18. The second-order valence-corrected chi connectivity index (χ2v) is 7.10. The van der Waals surface area contributed by atoms with Gasteiger partial charge in [0.15, 0.2) is 0 Å². The van der Waals surface area contributed by atoms with Crippen molar-refractivity contribution in [2.24, 2.45) is 0 Å². The van der Waals surface area contributed by atoms with Gasteiger partial charge in [0.25, 0.3) is 10.0 Å². The Bertz CT molecular complexity index is 703. The molecule has 0 saturated heterocycles. The maximum Gasteiger partial charge on any atom is 0.264 e. The predicted molar refractivity (Wildman–Crippen MR) is 74.2 cm³/mol. The lowest BCUT2D eigenvalue weighted by Gasteiger charge is -2.06. The van der Waals surface area contributed by atoms with Crippen molar-refractivity contribution in [1.29, 1.82) is 0 Å². The summed E-state index contributed by atoms with van der Waals surface area (Å²) in [7, 11) is -3.81. The van der Waals surface area contributed by atoms with Crippen LogP contribution >= 0.6 is 27.3 Å². The van der Waals surface area contributed by atoms with Gasteiger partial charge in [-0.15, -0.1) is 10.2 Å². The summed E-state index contributed by atoms with van der Waals surface area (Å²) < 4.78 is 39.6. The van der Waals surface area contributed by atoms with Crippen LogP contribution in [0.4, 0.5) is 9.52 Å². The van der Waals surface area contributed by atoms with Gasteiger partial charge in [0.2, 0.25) is 5.13 Å². The highest BCUT2D eigenvalue weighted by atomic mass is 79.9. The monoisotopic (exact) mass is 365 g/mol. The van der Waals surface area contributed by atoms with E-state index in [1.165, 1.54) is 6.07 Å². The molecule has 0 unspecified atom stereocenters. The molecule has 0 saturated carbocycles. The van der Waals surface area contributed by atoms with Crippen molar-refractivity contribution in [3.63, 3.8) is 0 Å². The van der Waals surface area contributed by atoms with Crippen LogP contribution in [0.1, 0.15) is 11.9 Å². The molecular weight excluding hydrogens is 357 g/mol. The average Bonchev–Trinajstić information content (AvgIpc) is 2.75. The van der Waals surface area contributed by atoms with Gasteiger partial charge in [0, 0.05) is 4.47 Å². The van der Waals surface area contributed by atoms with E-state index in [9.17, 15) is 12.8 Å². The molecule has 2 aromatic rings. The third-order valence-corrected chi connectivity index (χ3v) is 5.60. The number of sulfonamides is 1. The lowest BCUT2D eigenvalue weighted by atomic mass is 10.3. The molecule has 19 heavy (non-hydrogen) atoms. The van der Waals surface area contributed by atoms with Crippen molar-refractivity contribution in [3.8, 4) is 0 Å². The molecule has 0 aliphatic rings. The maximum absolute atomic E-state index is 12.9. The standard InChI is InChI=1S/C10H9BrFN3O2S2/c1-2-9-13-14-10(18-9)15-19(16,17)8-4-3-6(12)5-7(8)11/h3-5H,2H2,1H3,(H,14,15). The molecule has 1 heterocycles. The summed E-state index contributed by atoms with van der Waals surface area (Å²) in [5.74, 6) is -0.519. The highest BCUT2D eigenvalue weighted by Crippen LogP contribution is 2.26. The number of aromatic nitrogens is 2. The number of anilines is 1. The number of nitrogens with zero attached hydrogens (tertiary/aromatic N) is 2. The third-order valence-electron chi connectivity index (χ3n) is 2.17. The number of benzene rings is 1. The Hall–Kier alpha value is -1.06. The fraction of sp³-hybridized carbons (Fsp3) is 0.200. The Balaban J connectivity index is 2.32. The minimum Gasteiger partial charge on any atom is -0.253 e. The second-order valence-electron chi connectivity index (χ2n) is 3.53. The molecule has 0 aliphatic carbocycles. The summed E-state index contributed by atoms with van der Waals surface area (Å²) in [6.07, 6.45) is 0.680. The van der Waals surface area contributed by atoms with Crippen molar-refractivity contribution >= 4 is 42.4 Å². The van der Waals surface area contributed by atoms with E-state index in [1.807, 2.05) is 6.92 Å². The van der Waals surface area contributed by atoms with Crippen LogP contribution in [0.2, 0.25) is 0 Å². The SMILES string of the molecule is CCc1nnc(NS(=O)(=O)c2ccc(F)cc2Br)s1. The van der Waals surface area contributed by atoms with E-state index in [1.54, 1.807) is 0 Å². The Labute approximate surface area is 122 Å². The summed E-state index contributed by atoms with van der Waals surface area (Å²) in [5, 5.41) is 8.47. The van der Waals surface area contributed by atoms with Crippen LogP contribution < -0.4 is 4.72 Å². The quantitative estimate of drug-likeness (QED) is 0.903. The summed E-state index contributed by atoms with van der Waals surface area (Å²) in [5.41, 5.74) is 0. The van der Waals surface area contributed by atoms with Gasteiger partial charge in [-0.1, -0.05) is 18.3 Å². The molecular formula is C10H9BrFN3O2S2. The molecule has 5 nitrogen and oxygen atoms in total. The minimum atomic E-state index is -3.81. The summed E-state index contributed by atoms with van der Waals surface area (Å²) in [6.45, 7) is 1.90. The van der Waals surface area contributed by atoms with Crippen LogP contribution in [0, 0.1) is 5.82 Å². The highest BCUT2D eigenvalue weighted by molar-refractivity contribution is 9.10. The van der Waals surface area contributed by atoms with Crippen molar-refractivity contribution in [1.82, 2.24) is 10.2 Å². The van der Waals surface area contributed by atoms with Crippen molar-refractivity contribution < 1.29 is 12.8 Å². The number of halogens is 2. The number of aryl methyl sites for hydroxylation is 1. The van der Waals surface area contributed by atoms with Gasteiger partial charge in [-0.25, -0.2) is 12.8 Å². The van der Waals surface area contributed by atoms with E-state index >= 15 is 0 Å². The summed E-state index contributed by atoms with van der Waals surface area (Å²) in [4.78, 5) is -0.0536. The van der Waals surface area contributed by atoms with E-state index in [0.717, 1.165) is 28.5 Å². The topological polar surface area (TPSA) is 72.0 Å². The molecule has 102 valence electrons. The fourth-order valence-electron chi connectivity index (χ4n) is 1.30. The second kappa shape index (κ2) is 5.51. The molecule has 0 aliphatic heterocycles. The average molecular weight is 366 g/mol. The number of hydrogen-bond acceptors (Lipinski definition) is 5. The van der Waals surface area contributed by atoms with Gasteiger partial charge in [-0.05, 0) is 40.5 Å². The number of nitrogens with one attached hydrogen (secondary N) is 1. The normalized spacial score (nSPS) is 11.5. The molecule has 1 aromatic heterocycles. The first-order chi connectivity index (χ1) is 8.92. The van der Waals surface area contributed by atoms with Crippen molar-refractivity contribution in [3.05, 3.63) is 33.5 Å². The van der Waals surface area contributed by atoms with E-state index in [-0.39, 0.29) is 14.5 Å². The van der Waals surface area contributed by atoms with E-state index < -0.39 is 15.8 Å². The molecule has 0 atom stereocenters. The van der Waals surface area contributed by atoms with Gasteiger partial charge >= 0.3 is 0 Å². The fourth-order valence-corrected chi connectivity index (χ4v) is 4.26. The molecule has 1 N–H and O–H groups in total. The van der Waals surface area contributed by atoms with Gasteiger partial charge < -0.3 is 0 Å². The zero-order chi connectivity index (χ0) is 14.0. The zero-order valence-electron chi connectivity index (χ0n) is 9.72.